The largest absolute Gasteiger partial charge is 0.486 e. The number of carbonyl (C=O) groups is 2. The Balaban J connectivity index is 1.60. The third-order valence-electron chi connectivity index (χ3n) is 3.69. The van der Waals surface area contributed by atoms with E-state index in [4.69, 9.17) is 14.2 Å². The number of fused-ring (bicyclic) bond motifs is 1. The summed E-state index contributed by atoms with van der Waals surface area (Å²) in [6.45, 7) is 3.04. The van der Waals surface area contributed by atoms with Crippen molar-refractivity contribution in [3.63, 3.8) is 0 Å². The number of amides is 1. The first-order valence-corrected chi connectivity index (χ1v) is 8.37. The number of hydrogen-bond acceptors (Lipinski definition) is 6. The van der Waals surface area contributed by atoms with Crippen molar-refractivity contribution in [3.05, 3.63) is 48.0 Å². The minimum atomic E-state index is -0.428. The van der Waals surface area contributed by atoms with Crippen LogP contribution in [0, 0.1) is 0 Å². The maximum Gasteiger partial charge on any atom is 0.340 e. The predicted octanol–water partition coefficient (Wildman–Crippen LogP) is 2.69. The van der Waals surface area contributed by atoms with Crippen molar-refractivity contribution < 1.29 is 23.8 Å². The molecule has 0 saturated heterocycles. The number of esters is 1. The standard InChI is InChI=1S/C19H20N2O5/c1-2-24-19(23)14-5-3-4-6-15(14)20-12-18(22)21-13-7-8-16-17(11-13)26-10-9-25-16/h3-8,11,20H,2,9-10,12H2,1H3,(H,21,22). The van der Waals surface area contributed by atoms with Crippen molar-refractivity contribution in [2.75, 3.05) is 37.0 Å². The van der Waals surface area contributed by atoms with Crippen molar-refractivity contribution in [2.24, 2.45) is 0 Å². The summed E-state index contributed by atoms with van der Waals surface area (Å²) < 4.78 is 16.0. The smallest absolute Gasteiger partial charge is 0.340 e. The minimum Gasteiger partial charge on any atom is -0.486 e. The van der Waals surface area contributed by atoms with Gasteiger partial charge in [-0.15, -0.1) is 0 Å². The van der Waals surface area contributed by atoms with Crippen LogP contribution in [0.1, 0.15) is 17.3 Å². The molecule has 3 rings (SSSR count). The Morgan fingerprint density at radius 2 is 1.85 bits per heavy atom. The monoisotopic (exact) mass is 356 g/mol. The zero-order valence-electron chi connectivity index (χ0n) is 14.4. The molecule has 1 aliphatic heterocycles. The summed E-state index contributed by atoms with van der Waals surface area (Å²) >= 11 is 0. The fourth-order valence-corrected chi connectivity index (χ4v) is 2.53. The van der Waals surface area contributed by atoms with Crippen LogP contribution < -0.4 is 20.1 Å². The molecule has 136 valence electrons. The minimum absolute atomic E-state index is 0.00482. The van der Waals surface area contributed by atoms with Crippen LogP contribution in [0.3, 0.4) is 0 Å². The first kappa shape index (κ1) is 17.6. The van der Waals surface area contributed by atoms with Crippen LogP contribution in [0.4, 0.5) is 11.4 Å². The summed E-state index contributed by atoms with van der Waals surface area (Å²) in [7, 11) is 0. The maximum atomic E-state index is 12.2. The van der Waals surface area contributed by atoms with Crippen LogP contribution in [0.25, 0.3) is 0 Å². The third kappa shape index (κ3) is 4.24. The highest BCUT2D eigenvalue weighted by atomic mass is 16.6. The molecule has 0 unspecified atom stereocenters. The molecule has 7 nitrogen and oxygen atoms in total. The molecule has 0 bridgehead atoms. The lowest BCUT2D eigenvalue weighted by Gasteiger charge is -2.19. The third-order valence-corrected chi connectivity index (χ3v) is 3.69. The van der Waals surface area contributed by atoms with Crippen LogP contribution in [0.15, 0.2) is 42.5 Å². The molecule has 1 heterocycles. The Morgan fingerprint density at radius 3 is 2.65 bits per heavy atom. The molecule has 0 spiro atoms. The number of para-hydroxylation sites is 1. The van der Waals surface area contributed by atoms with E-state index in [2.05, 4.69) is 10.6 Å². The molecule has 0 radical (unpaired) electrons. The lowest BCUT2D eigenvalue weighted by atomic mass is 10.2. The van der Waals surface area contributed by atoms with Gasteiger partial charge >= 0.3 is 5.97 Å². The average Bonchev–Trinajstić information content (AvgIpc) is 2.66. The van der Waals surface area contributed by atoms with E-state index < -0.39 is 5.97 Å². The van der Waals surface area contributed by atoms with Gasteiger partial charge in [0.2, 0.25) is 5.91 Å². The second-order valence-corrected chi connectivity index (χ2v) is 5.53. The fraction of sp³-hybridized carbons (Fsp3) is 0.263. The summed E-state index contributed by atoms with van der Waals surface area (Å²) in [5.74, 6) is 0.591. The summed E-state index contributed by atoms with van der Waals surface area (Å²) in [6, 6.07) is 12.1. The summed E-state index contributed by atoms with van der Waals surface area (Å²) in [6.07, 6.45) is 0. The van der Waals surface area contributed by atoms with Crippen molar-refractivity contribution in [1.82, 2.24) is 0 Å². The summed E-state index contributed by atoms with van der Waals surface area (Å²) in [4.78, 5) is 24.1. The summed E-state index contributed by atoms with van der Waals surface area (Å²) in [5.41, 5.74) is 1.55. The molecule has 2 aromatic rings. The van der Waals surface area contributed by atoms with Crippen LogP contribution in [0.5, 0.6) is 11.5 Å². The molecule has 0 aliphatic carbocycles. The highest BCUT2D eigenvalue weighted by Gasteiger charge is 2.14. The van der Waals surface area contributed by atoms with E-state index in [1.807, 2.05) is 0 Å². The van der Waals surface area contributed by atoms with Gasteiger partial charge in [0.25, 0.3) is 0 Å². The van der Waals surface area contributed by atoms with Gasteiger partial charge in [0.15, 0.2) is 11.5 Å². The van der Waals surface area contributed by atoms with Crippen molar-refractivity contribution in [1.29, 1.82) is 0 Å². The average molecular weight is 356 g/mol. The van der Waals surface area contributed by atoms with Gasteiger partial charge in [0.1, 0.15) is 13.2 Å². The molecule has 1 aliphatic rings. The molecule has 1 amide bonds. The zero-order chi connectivity index (χ0) is 18.4. The van der Waals surface area contributed by atoms with Gasteiger partial charge in [-0.3, -0.25) is 4.79 Å². The molecule has 0 fully saturated rings. The van der Waals surface area contributed by atoms with Crippen LogP contribution >= 0.6 is 0 Å². The second kappa shape index (κ2) is 8.24. The SMILES string of the molecule is CCOC(=O)c1ccccc1NCC(=O)Nc1ccc2c(c1)OCCO2. The molecule has 0 atom stereocenters. The Hall–Kier alpha value is -3.22. The molecule has 26 heavy (non-hydrogen) atoms. The van der Waals surface area contributed by atoms with Gasteiger partial charge in [-0.25, -0.2) is 4.79 Å². The summed E-state index contributed by atoms with van der Waals surface area (Å²) in [5, 5.41) is 5.75. The predicted molar refractivity (Wildman–Crippen MR) is 96.9 cm³/mol. The van der Waals surface area contributed by atoms with Crippen LogP contribution in [-0.4, -0.2) is 38.2 Å². The van der Waals surface area contributed by atoms with E-state index in [0.717, 1.165) is 0 Å². The number of rotatable bonds is 6. The Labute approximate surface area is 151 Å². The molecule has 0 saturated carbocycles. The van der Waals surface area contributed by atoms with Crippen LogP contribution in [-0.2, 0) is 9.53 Å². The molecule has 0 aromatic heterocycles. The normalized spacial score (nSPS) is 12.2. The number of anilines is 2. The Morgan fingerprint density at radius 1 is 1.08 bits per heavy atom. The van der Waals surface area contributed by atoms with E-state index in [0.29, 0.717) is 41.7 Å². The van der Waals surface area contributed by atoms with Crippen LogP contribution in [0.2, 0.25) is 0 Å². The van der Waals surface area contributed by atoms with Gasteiger partial charge in [-0.1, -0.05) is 12.1 Å². The topological polar surface area (TPSA) is 85.9 Å². The lowest BCUT2D eigenvalue weighted by molar-refractivity contribution is -0.114. The van der Waals surface area contributed by atoms with E-state index in [1.54, 1.807) is 49.4 Å². The van der Waals surface area contributed by atoms with Gasteiger partial charge in [0.05, 0.1) is 18.7 Å². The van der Waals surface area contributed by atoms with Gasteiger partial charge < -0.3 is 24.8 Å². The van der Waals surface area contributed by atoms with Crippen molar-refractivity contribution >= 4 is 23.3 Å². The Kier molecular flexibility index (Phi) is 5.58. The molecular formula is C19H20N2O5. The van der Waals surface area contributed by atoms with E-state index in [1.165, 1.54) is 0 Å². The van der Waals surface area contributed by atoms with Crippen molar-refractivity contribution in [2.45, 2.75) is 6.92 Å². The Bertz CT molecular complexity index is 806. The number of nitrogens with one attached hydrogen (secondary N) is 2. The quantitative estimate of drug-likeness (QED) is 0.774. The maximum absolute atomic E-state index is 12.2. The lowest BCUT2D eigenvalue weighted by Crippen LogP contribution is -2.23. The number of hydrogen-bond donors (Lipinski definition) is 2. The van der Waals surface area contributed by atoms with Gasteiger partial charge in [0, 0.05) is 17.4 Å². The van der Waals surface area contributed by atoms with Gasteiger partial charge in [-0.05, 0) is 31.2 Å². The fourth-order valence-electron chi connectivity index (χ4n) is 2.53. The molecule has 2 N–H and O–H groups in total. The first-order chi connectivity index (χ1) is 12.7. The van der Waals surface area contributed by atoms with E-state index in [9.17, 15) is 9.59 Å². The number of ether oxygens (including phenoxy) is 3. The highest BCUT2D eigenvalue weighted by Crippen LogP contribution is 2.32. The van der Waals surface area contributed by atoms with E-state index in [-0.39, 0.29) is 19.1 Å². The van der Waals surface area contributed by atoms with Gasteiger partial charge in [-0.2, -0.15) is 0 Å². The number of carbonyl (C=O) groups excluding carboxylic acids is 2. The number of benzene rings is 2. The van der Waals surface area contributed by atoms with Crippen molar-refractivity contribution in [3.8, 4) is 11.5 Å². The van der Waals surface area contributed by atoms with E-state index >= 15 is 0 Å². The second-order valence-electron chi connectivity index (χ2n) is 5.53. The molecular weight excluding hydrogens is 336 g/mol. The first-order valence-electron chi connectivity index (χ1n) is 8.37. The molecule has 7 heteroatoms. The highest BCUT2D eigenvalue weighted by molar-refractivity contribution is 5.98. The zero-order valence-corrected chi connectivity index (χ0v) is 14.4. The molecule has 2 aromatic carbocycles.